The number of carbonyl (C=O) groups excluding carboxylic acids is 2. The third kappa shape index (κ3) is 4.96. The summed E-state index contributed by atoms with van der Waals surface area (Å²) in [5.74, 6) is -0.0581. The largest absolute Gasteiger partial charge is 0.354 e. The van der Waals surface area contributed by atoms with Crippen molar-refractivity contribution in [2.75, 3.05) is 38.5 Å². The van der Waals surface area contributed by atoms with Gasteiger partial charge in [0.1, 0.15) is 0 Å². The lowest BCUT2D eigenvalue weighted by molar-refractivity contribution is -0.120. The van der Waals surface area contributed by atoms with Crippen LogP contribution in [-0.4, -0.2) is 66.0 Å². The van der Waals surface area contributed by atoms with Gasteiger partial charge < -0.3 is 15.1 Å². The van der Waals surface area contributed by atoms with Gasteiger partial charge in [0.15, 0.2) is 5.13 Å². The molecule has 3 amide bonds. The summed E-state index contributed by atoms with van der Waals surface area (Å²) < 4.78 is 0. The van der Waals surface area contributed by atoms with Crippen LogP contribution < -0.4 is 10.6 Å². The van der Waals surface area contributed by atoms with Gasteiger partial charge in [-0.2, -0.15) is 0 Å². The minimum absolute atomic E-state index is 0.0581. The highest BCUT2D eigenvalue weighted by atomic mass is 32.1. The van der Waals surface area contributed by atoms with Gasteiger partial charge >= 0.3 is 6.03 Å². The first-order chi connectivity index (χ1) is 10.4. The van der Waals surface area contributed by atoms with Crippen molar-refractivity contribution in [3.8, 4) is 0 Å². The molecule has 0 atom stereocenters. The first kappa shape index (κ1) is 16.7. The molecular weight excluding hydrogens is 302 g/mol. The average molecular weight is 325 g/mol. The van der Waals surface area contributed by atoms with E-state index in [0.29, 0.717) is 10.8 Å². The number of carbonyl (C=O) groups is 2. The van der Waals surface area contributed by atoms with Crippen LogP contribution in [-0.2, 0) is 11.2 Å². The summed E-state index contributed by atoms with van der Waals surface area (Å²) in [6.45, 7) is 7.04. The second kappa shape index (κ2) is 7.55. The van der Waals surface area contributed by atoms with E-state index < -0.39 is 0 Å². The summed E-state index contributed by atoms with van der Waals surface area (Å²) in [4.78, 5) is 32.1. The van der Waals surface area contributed by atoms with Gasteiger partial charge in [0.05, 0.1) is 12.1 Å². The molecule has 0 aromatic carbocycles. The van der Waals surface area contributed by atoms with E-state index in [1.54, 1.807) is 10.3 Å². The zero-order valence-corrected chi connectivity index (χ0v) is 14.1. The highest BCUT2D eigenvalue weighted by Crippen LogP contribution is 2.16. The Balaban J connectivity index is 1.84. The fourth-order valence-electron chi connectivity index (χ4n) is 2.16. The second-order valence-electron chi connectivity index (χ2n) is 5.76. The van der Waals surface area contributed by atoms with Gasteiger partial charge in [0.2, 0.25) is 5.91 Å². The van der Waals surface area contributed by atoms with Gasteiger partial charge in [0, 0.05) is 37.6 Å². The van der Waals surface area contributed by atoms with Gasteiger partial charge in [-0.05, 0) is 20.9 Å². The Kier molecular flexibility index (Phi) is 5.73. The fourth-order valence-corrected chi connectivity index (χ4v) is 2.86. The minimum atomic E-state index is -0.124. The van der Waals surface area contributed by atoms with Crippen LogP contribution >= 0.6 is 11.3 Å². The van der Waals surface area contributed by atoms with Crippen LogP contribution in [0.2, 0.25) is 0 Å². The van der Waals surface area contributed by atoms with Crippen molar-refractivity contribution < 1.29 is 9.59 Å². The predicted octanol–water partition coefficient (Wildman–Crippen LogP) is 0.989. The summed E-state index contributed by atoms with van der Waals surface area (Å²) in [7, 11) is 2.05. The maximum absolute atomic E-state index is 12.1. The molecule has 2 N–H and O–H groups in total. The lowest BCUT2D eigenvalue weighted by Crippen LogP contribution is -2.48. The van der Waals surface area contributed by atoms with E-state index in [1.165, 1.54) is 11.3 Å². The average Bonchev–Trinajstić information content (AvgIpc) is 2.85. The molecule has 0 saturated carbocycles. The number of hydrogen-bond acceptors (Lipinski definition) is 5. The van der Waals surface area contributed by atoms with E-state index in [9.17, 15) is 9.59 Å². The van der Waals surface area contributed by atoms with E-state index in [4.69, 9.17) is 0 Å². The molecule has 2 rings (SSSR count). The van der Waals surface area contributed by atoms with Crippen molar-refractivity contribution >= 4 is 28.4 Å². The molecule has 1 aromatic rings. The van der Waals surface area contributed by atoms with Gasteiger partial charge in [0.25, 0.3) is 0 Å². The third-order valence-electron chi connectivity index (χ3n) is 3.35. The van der Waals surface area contributed by atoms with E-state index in [0.717, 1.165) is 26.2 Å². The Morgan fingerprint density at radius 1 is 1.32 bits per heavy atom. The number of hydrogen-bond donors (Lipinski definition) is 2. The van der Waals surface area contributed by atoms with Crippen molar-refractivity contribution in [1.82, 2.24) is 20.1 Å². The monoisotopic (exact) mass is 325 g/mol. The topological polar surface area (TPSA) is 77.6 Å². The standard InChI is InChI=1S/C14H23N5O2S/c1-10(2)15-12(20)8-11-9-22-13(16-11)17-14(21)19-6-4-18(3)5-7-19/h9-10H,4-8H2,1-3H3,(H,15,20)(H,16,17,21). The summed E-state index contributed by atoms with van der Waals surface area (Å²) in [5, 5.41) is 7.97. The zero-order valence-electron chi connectivity index (χ0n) is 13.3. The van der Waals surface area contributed by atoms with Gasteiger partial charge in [-0.3, -0.25) is 10.1 Å². The third-order valence-corrected chi connectivity index (χ3v) is 4.15. The number of thiazole rings is 1. The van der Waals surface area contributed by atoms with E-state index in [2.05, 4.69) is 20.5 Å². The Morgan fingerprint density at radius 3 is 2.64 bits per heavy atom. The van der Waals surface area contributed by atoms with Crippen LogP contribution in [0.5, 0.6) is 0 Å². The SMILES string of the molecule is CC(C)NC(=O)Cc1csc(NC(=O)N2CCN(C)CC2)n1. The lowest BCUT2D eigenvalue weighted by atomic mass is 10.3. The van der Waals surface area contributed by atoms with Gasteiger partial charge in [-0.25, -0.2) is 9.78 Å². The molecule has 1 aliphatic rings. The second-order valence-corrected chi connectivity index (χ2v) is 6.62. The molecule has 7 nitrogen and oxygen atoms in total. The van der Waals surface area contributed by atoms with Crippen LogP contribution in [0, 0.1) is 0 Å². The number of nitrogens with one attached hydrogen (secondary N) is 2. The van der Waals surface area contributed by atoms with E-state index in [-0.39, 0.29) is 24.4 Å². The van der Waals surface area contributed by atoms with Crippen LogP contribution in [0.1, 0.15) is 19.5 Å². The molecule has 0 bridgehead atoms. The normalized spacial score (nSPS) is 15.9. The molecule has 2 heterocycles. The van der Waals surface area contributed by atoms with E-state index >= 15 is 0 Å². The van der Waals surface area contributed by atoms with Crippen molar-refractivity contribution in [2.24, 2.45) is 0 Å². The molecule has 0 spiro atoms. The van der Waals surface area contributed by atoms with Crippen molar-refractivity contribution in [3.05, 3.63) is 11.1 Å². The number of nitrogens with zero attached hydrogens (tertiary/aromatic N) is 3. The van der Waals surface area contributed by atoms with Crippen LogP contribution in [0.15, 0.2) is 5.38 Å². The Hall–Kier alpha value is -1.67. The molecule has 22 heavy (non-hydrogen) atoms. The van der Waals surface area contributed by atoms with Crippen molar-refractivity contribution in [1.29, 1.82) is 0 Å². The van der Waals surface area contributed by atoms with Gasteiger partial charge in [-0.15, -0.1) is 11.3 Å². The van der Waals surface area contributed by atoms with Crippen molar-refractivity contribution in [3.63, 3.8) is 0 Å². The molecule has 122 valence electrons. The maximum Gasteiger partial charge on any atom is 0.323 e. The Bertz CT molecular complexity index is 523. The number of rotatable bonds is 4. The molecule has 1 aromatic heterocycles. The van der Waals surface area contributed by atoms with Crippen LogP contribution in [0.25, 0.3) is 0 Å². The minimum Gasteiger partial charge on any atom is -0.354 e. The molecule has 8 heteroatoms. The maximum atomic E-state index is 12.1. The Labute approximate surface area is 134 Å². The number of amides is 3. The van der Waals surface area contributed by atoms with Gasteiger partial charge in [-0.1, -0.05) is 0 Å². The summed E-state index contributed by atoms with van der Waals surface area (Å²) in [6.07, 6.45) is 0.235. The summed E-state index contributed by atoms with van der Waals surface area (Å²) in [6, 6.07) is -0.0110. The molecule has 0 unspecified atom stereocenters. The molecule has 1 fully saturated rings. The Morgan fingerprint density at radius 2 is 2.00 bits per heavy atom. The molecule has 0 radical (unpaired) electrons. The first-order valence-electron chi connectivity index (χ1n) is 7.42. The number of aromatic nitrogens is 1. The molecule has 1 saturated heterocycles. The number of piperazine rings is 1. The lowest BCUT2D eigenvalue weighted by Gasteiger charge is -2.32. The number of urea groups is 1. The van der Waals surface area contributed by atoms with Crippen LogP contribution in [0.4, 0.5) is 9.93 Å². The summed E-state index contributed by atoms with van der Waals surface area (Å²) in [5.41, 5.74) is 0.678. The van der Waals surface area contributed by atoms with Crippen molar-refractivity contribution in [2.45, 2.75) is 26.3 Å². The first-order valence-corrected chi connectivity index (χ1v) is 8.30. The highest BCUT2D eigenvalue weighted by molar-refractivity contribution is 7.13. The highest BCUT2D eigenvalue weighted by Gasteiger charge is 2.20. The molecular formula is C14H23N5O2S. The van der Waals surface area contributed by atoms with Crippen LogP contribution in [0.3, 0.4) is 0 Å². The molecule has 1 aliphatic heterocycles. The predicted molar refractivity (Wildman–Crippen MR) is 87.2 cm³/mol. The number of anilines is 1. The zero-order chi connectivity index (χ0) is 16.1. The molecule has 0 aliphatic carbocycles. The quantitative estimate of drug-likeness (QED) is 0.865. The number of likely N-dealkylation sites (N-methyl/N-ethyl adjacent to an activating group) is 1. The van der Waals surface area contributed by atoms with E-state index in [1.807, 2.05) is 20.9 Å². The fraction of sp³-hybridized carbons (Fsp3) is 0.643. The summed E-state index contributed by atoms with van der Waals surface area (Å²) >= 11 is 1.34. The smallest absolute Gasteiger partial charge is 0.323 e.